The Morgan fingerprint density at radius 3 is 2.43 bits per heavy atom. The first kappa shape index (κ1) is 15.6. The van der Waals surface area contributed by atoms with Crippen molar-refractivity contribution in [2.24, 2.45) is 0 Å². The van der Waals surface area contributed by atoms with Gasteiger partial charge in [0.15, 0.2) is 0 Å². The highest BCUT2D eigenvalue weighted by Crippen LogP contribution is 2.10. The molecule has 0 bridgehead atoms. The van der Waals surface area contributed by atoms with E-state index in [9.17, 15) is 0 Å². The zero-order chi connectivity index (χ0) is 15.2. The normalized spacial score (nSPS) is 10.9. The molecule has 21 heavy (non-hydrogen) atoms. The Morgan fingerprint density at radius 2 is 1.86 bits per heavy atom. The molecule has 2 rings (SSSR count). The van der Waals surface area contributed by atoms with Gasteiger partial charge in [0.1, 0.15) is 23.9 Å². The lowest BCUT2D eigenvalue weighted by molar-refractivity contribution is 0.221. The van der Waals surface area contributed by atoms with Crippen LogP contribution in [-0.4, -0.2) is 42.3 Å². The lowest BCUT2D eigenvalue weighted by Crippen LogP contribution is -2.29. The van der Waals surface area contributed by atoms with Crippen molar-refractivity contribution in [2.45, 2.75) is 13.5 Å². The largest absolute Gasteiger partial charge is 0.492 e. The second kappa shape index (κ2) is 7.31. The summed E-state index contributed by atoms with van der Waals surface area (Å²) < 4.78 is 11.1. The standard InChI is InChI=1S/C15H20BNO4/c1-12-3-6-15(21-12)11-17(2)9-10-20-14-7-4-13(5-8-14)16(18)19/h3-8,18-19H,9-11H2,1-2H3. The van der Waals surface area contributed by atoms with Crippen LogP contribution in [0.4, 0.5) is 0 Å². The lowest BCUT2D eigenvalue weighted by atomic mass is 9.80. The number of aryl methyl sites for hydroxylation is 1. The molecule has 2 N–H and O–H groups in total. The van der Waals surface area contributed by atoms with Crippen LogP contribution in [0.25, 0.3) is 0 Å². The average Bonchev–Trinajstić information content (AvgIpc) is 2.84. The Hall–Kier alpha value is -1.76. The molecule has 2 aromatic rings. The summed E-state index contributed by atoms with van der Waals surface area (Å²) >= 11 is 0. The summed E-state index contributed by atoms with van der Waals surface area (Å²) in [5, 5.41) is 18.0. The van der Waals surface area contributed by atoms with E-state index < -0.39 is 7.12 Å². The molecule has 1 heterocycles. The molecule has 0 spiro atoms. The Labute approximate surface area is 124 Å². The van der Waals surface area contributed by atoms with E-state index in [2.05, 4.69) is 4.90 Å². The summed E-state index contributed by atoms with van der Waals surface area (Å²) in [6.45, 7) is 3.99. The highest BCUT2D eigenvalue weighted by Gasteiger charge is 2.10. The topological polar surface area (TPSA) is 66.1 Å². The van der Waals surface area contributed by atoms with E-state index in [1.165, 1.54) is 0 Å². The van der Waals surface area contributed by atoms with Gasteiger partial charge in [-0.15, -0.1) is 0 Å². The number of nitrogens with zero attached hydrogens (tertiary/aromatic N) is 1. The molecule has 5 nitrogen and oxygen atoms in total. The van der Waals surface area contributed by atoms with Crippen molar-refractivity contribution < 1.29 is 19.2 Å². The third kappa shape index (κ3) is 4.93. The van der Waals surface area contributed by atoms with E-state index >= 15 is 0 Å². The molecule has 0 radical (unpaired) electrons. The number of ether oxygens (including phenoxy) is 1. The van der Waals surface area contributed by atoms with Crippen LogP contribution >= 0.6 is 0 Å². The smallest absolute Gasteiger partial charge is 0.488 e. The molecule has 0 saturated heterocycles. The molecule has 1 aromatic carbocycles. The highest BCUT2D eigenvalue weighted by atomic mass is 16.5. The van der Waals surface area contributed by atoms with Gasteiger partial charge in [-0.2, -0.15) is 0 Å². The zero-order valence-electron chi connectivity index (χ0n) is 12.3. The van der Waals surface area contributed by atoms with Crippen LogP contribution in [-0.2, 0) is 6.54 Å². The fourth-order valence-electron chi connectivity index (χ4n) is 1.97. The van der Waals surface area contributed by atoms with Crippen LogP contribution in [0.1, 0.15) is 11.5 Å². The summed E-state index contributed by atoms with van der Waals surface area (Å²) in [6.07, 6.45) is 0. The summed E-state index contributed by atoms with van der Waals surface area (Å²) in [4.78, 5) is 2.12. The van der Waals surface area contributed by atoms with Gasteiger partial charge >= 0.3 is 7.12 Å². The van der Waals surface area contributed by atoms with Gasteiger partial charge in [0, 0.05) is 6.54 Å². The van der Waals surface area contributed by atoms with Crippen LogP contribution in [0.2, 0.25) is 0 Å². The van der Waals surface area contributed by atoms with Crippen molar-refractivity contribution >= 4 is 12.6 Å². The summed E-state index contributed by atoms with van der Waals surface area (Å²) in [6, 6.07) is 10.7. The van der Waals surface area contributed by atoms with Gasteiger partial charge in [0.2, 0.25) is 0 Å². The van der Waals surface area contributed by atoms with Crippen molar-refractivity contribution in [3.8, 4) is 5.75 Å². The molecular formula is C15H20BNO4. The lowest BCUT2D eigenvalue weighted by Gasteiger charge is -2.15. The third-order valence-corrected chi connectivity index (χ3v) is 3.14. The Morgan fingerprint density at radius 1 is 1.14 bits per heavy atom. The van der Waals surface area contributed by atoms with Crippen LogP contribution in [0.5, 0.6) is 5.75 Å². The number of benzene rings is 1. The minimum atomic E-state index is -1.44. The van der Waals surface area contributed by atoms with E-state index in [1.54, 1.807) is 24.3 Å². The average molecular weight is 289 g/mol. The first-order chi connectivity index (χ1) is 10.0. The molecular weight excluding hydrogens is 269 g/mol. The van der Waals surface area contributed by atoms with Crippen molar-refractivity contribution in [3.63, 3.8) is 0 Å². The molecule has 0 aliphatic rings. The van der Waals surface area contributed by atoms with Gasteiger partial charge < -0.3 is 19.2 Å². The molecule has 0 aliphatic carbocycles. The fourth-order valence-corrected chi connectivity index (χ4v) is 1.97. The van der Waals surface area contributed by atoms with Crippen LogP contribution in [0.15, 0.2) is 40.8 Å². The van der Waals surface area contributed by atoms with Crippen molar-refractivity contribution in [2.75, 3.05) is 20.2 Å². The first-order valence-corrected chi connectivity index (χ1v) is 6.87. The van der Waals surface area contributed by atoms with Crippen LogP contribution in [0.3, 0.4) is 0 Å². The number of likely N-dealkylation sites (N-methyl/N-ethyl adjacent to an activating group) is 1. The van der Waals surface area contributed by atoms with Gasteiger partial charge in [0.25, 0.3) is 0 Å². The molecule has 0 fully saturated rings. The maximum Gasteiger partial charge on any atom is 0.488 e. The predicted molar refractivity (Wildman–Crippen MR) is 81.5 cm³/mol. The number of hydrogen-bond acceptors (Lipinski definition) is 5. The second-order valence-corrected chi connectivity index (χ2v) is 5.04. The second-order valence-electron chi connectivity index (χ2n) is 5.04. The Kier molecular flexibility index (Phi) is 5.44. The van der Waals surface area contributed by atoms with Gasteiger partial charge in [-0.3, -0.25) is 4.90 Å². The molecule has 0 saturated carbocycles. The molecule has 0 atom stereocenters. The van der Waals surface area contributed by atoms with Gasteiger partial charge in [-0.05, 0) is 43.7 Å². The number of furan rings is 1. The maximum atomic E-state index is 9.00. The molecule has 0 aliphatic heterocycles. The summed E-state index contributed by atoms with van der Waals surface area (Å²) in [5.41, 5.74) is 0.452. The summed E-state index contributed by atoms with van der Waals surface area (Å²) in [7, 11) is 0.564. The van der Waals surface area contributed by atoms with Gasteiger partial charge in [-0.1, -0.05) is 12.1 Å². The quantitative estimate of drug-likeness (QED) is 0.737. The first-order valence-electron chi connectivity index (χ1n) is 6.87. The SMILES string of the molecule is Cc1ccc(CN(C)CCOc2ccc(B(O)O)cc2)o1. The van der Waals surface area contributed by atoms with Crippen molar-refractivity contribution in [1.82, 2.24) is 4.90 Å². The minimum Gasteiger partial charge on any atom is -0.492 e. The minimum absolute atomic E-state index is 0.452. The third-order valence-electron chi connectivity index (χ3n) is 3.14. The number of rotatable bonds is 7. The zero-order valence-corrected chi connectivity index (χ0v) is 12.3. The van der Waals surface area contributed by atoms with E-state index in [0.29, 0.717) is 17.8 Å². The van der Waals surface area contributed by atoms with Crippen LogP contribution in [0, 0.1) is 6.92 Å². The van der Waals surface area contributed by atoms with E-state index in [1.807, 2.05) is 26.1 Å². The van der Waals surface area contributed by atoms with Gasteiger partial charge in [0.05, 0.1) is 6.54 Å². The molecule has 6 heteroatoms. The number of hydrogen-bond donors (Lipinski definition) is 2. The van der Waals surface area contributed by atoms with E-state index in [4.69, 9.17) is 19.2 Å². The van der Waals surface area contributed by atoms with E-state index in [0.717, 1.165) is 24.6 Å². The molecule has 112 valence electrons. The fraction of sp³-hybridized carbons (Fsp3) is 0.333. The highest BCUT2D eigenvalue weighted by molar-refractivity contribution is 6.58. The summed E-state index contributed by atoms with van der Waals surface area (Å²) in [5.74, 6) is 2.57. The maximum absolute atomic E-state index is 9.00. The molecule has 0 unspecified atom stereocenters. The van der Waals surface area contributed by atoms with Crippen molar-refractivity contribution in [1.29, 1.82) is 0 Å². The predicted octanol–water partition coefficient (Wildman–Crippen LogP) is 0.779. The van der Waals surface area contributed by atoms with Gasteiger partial charge in [-0.25, -0.2) is 0 Å². The molecule has 1 aromatic heterocycles. The van der Waals surface area contributed by atoms with Crippen molar-refractivity contribution in [3.05, 3.63) is 47.9 Å². The Bertz CT molecular complexity index is 553. The Balaban J connectivity index is 1.73. The van der Waals surface area contributed by atoms with Crippen LogP contribution < -0.4 is 10.2 Å². The monoisotopic (exact) mass is 289 g/mol. The van der Waals surface area contributed by atoms with E-state index in [-0.39, 0.29) is 0 Å². The molecule has 0 amide bonds.